The summed E-state index contributed by atoms with van der Waals surface area (Å²) in [6.07, 6.45) is 7.46. The number of fused-ring (bicyclic) bond motifs is 4. The van der Waals surface area contributed by atoms with Crippen molar-refractivity contribution in [1.29, 1.82) is 0 Å². The number of aromatic nitrogens is 4. The molecule has 1 N–H and O–H groups in total. The molecule has 0 atom stereocenters. The zero-order valence-corrected chi connectivity index (χ0v) is 54.6. The molecule has 4 heterocycles. The molecule has 0 fully saturated rings. The summed E-state index contributed by atoms with van der Waals surface area (Å²) >= 11 is 1.61. The van der Waals surface area contributed by atoms with Crippen molar-refractivity contribution >= 4 is 52.5 Å². The number of phenolic OH excluding ortho intramolecular Hbond substituents is 1. The summed E-state index contributed by atoms with van der Waals surface area (Å²) in [6.45, 7) is 4.22. The molecule has 0 unspecified atom stereocenters. The standard InChI is InChI=1S/2C25H17N2.2C12H10O.ClH.K.2Pt/c2*1-17-14-20(24-22-8-4-2-6-18(22)10-12-26-24)16-21(15-17)25-23-9-5-3-7-19(23)11-13-27-25;2*13-12-8-6-11(7-9-12)10-4-2-1-3-5-10;;;;/h2*2-15H,1H3;2*1-9,13H;1H;;;/q2*-1;;;;+1;;+2/p-2. The number of benzene rings is 10. The van der Waals surface area contributed by atoms with E-state index < -0.39 is 0 Å². The van der Waals surface area contributed by atoms with E-state index in [0.29, 0.717) is 5.75 Å². The van der Waals surface area contributed by atoms with E-state index in [-0.39, 0.29) is 78.2 Å². The molecule has 410 valence electrons. The fourth-order valence-electron chi connectivity index (χ4n) is 9.84. The fourth-order valence-corrected chi connectivity index (χ4v) is 9.84. The maximum absolute atomic E-state index is 10.9. The van der Waals surface area contributed by atoms with Crippen molar-refractivity contribution in [3.05, 3.63) is 303 Å². The van der Waals surface area contributed by atoms with Crippen LogP contribution >= 0.6 is 9.42 Å². The monoisotopic (exact) mass is 1490 g/mol. The van der Waals surface area contributed by atoms with Crippen molar-refractivity contribution in [2.75, 3.05) is 0 Å². The Labute approximate surface area is 562 Å². The van der Waals surface area contributed by atoms with E-state index in [1.165, 1.54) is 38.2 Å². The first-order chi connectivity index (χ1) is 40.3. The van der Waals surface area contributed by atoms with Gasteiger partial charge in [0.25, 0.3) is 0 Å². The third-order valence-corrected chi connectivity index (χ3v) is 13.7. The molecule has 84 heavy (non-hydrogen) atoms. The Hall–Kier alpha value is -7.26. The molecule has 10 aromatic carbocycles. The smallest absolute Gasteiger partial charge is 0.872 e. The van der Waals surface area contributed by atoms with Gasteiger partial charge in [-0.15, -0.1) is 53.3 Å². The predicted octanol–water partition coefficient (Wildman–Crippen LogP) is 15.6. The van der Waals surface area contributed by atoms with Crippen molar-refractivity contribution in [3.63, 3.8) is 0 Å². The fraction of sp³-hybridized carbons (Fsp3) is 0.0270. The van der Waals surface area contributed by atoms with Gasteiger partial charge in [0.15, 0.2) is 0 Å². The zero-order valence-electron chi connectivity index (χ0n) is 46.2. The van der Waals surface area contributed by atoms with Gasteiger partial charge in [-0.2, -0.15) is 0 Å². The average molecular weight is 1490 g/mol. The van der Waals surface area contributed by atoms with Gasteiger partial charge in [-0.25, -0.2) is 0 Å². The van der Waals surface area contributed by atoms with E-state index in [4.69, 9.17) is 5.11 Å². The van der Waals surface area contributed by atoms with Gasteiger partial charge < -0.3 is 10.2 Å². The van der Waals surface area contributed by atoms with Crippen LogP contribution in [-0.4, -0.2) is 25.0 Å². The Bertz CT molecular complexity index is 3920. The van der Waals surface area contributed by atoms with Gasteiger partial charge in [-0.3, -0.25) is 19.9 Å². The van der Waals surface area contributed by atoms with Crippen LogP contribution in [0.2, 0.25) is 0 Å². The van der Waals surface area contributed by atoms with E-state index in [1.54, 1.807) is 43.0 Å². The number of halogens is 1. The van der Waals surface area contributed by atoms with Crippen LogP contribution in [0.25, 0.3) is 110 Å². The second kappa shape index (κ2) is 31.0. The Balaban J connectivity index is 0.000000151. The summed E-state index contributed by atoms with van der Waals surface area (Å²) in [5.41, 5.74) is 14.7. The number of hydrogen-bond donors (Lipinski definition) is 1. The number of phenols is 1. The Morgan fingerprint density at radius 3 is 0.893 bits per heavy atom. The van der Waals surface area contributed by atoms with Gasteiger partial charge in [0, 0.05) is 68.6 Å². The number of hydrogen-bond acceptors (Lipinski definition) is 6. The minimum atomic E-state index is 0. The second-order valence-electron chi connectivity index (χ2n) is 19.3. The quantitative estimate of drug-likeness (QED) is 0.132. The summed E-state index contributed by atoms with van der Waals surface area (Å²) in [4.78, 5) is 18.7. The van der Waals surface area contributed by atoms with E-state index >= 15 is 0 Å². The molecule has 0 amide bonds. The maximum atomic E-state index is 10.9. The summed E-state index contributed by atoms with van der Waals surface area (Å²) in [5.74, 6) is 0.361. The van der Waals surface area contributed by atoms with Crippen LogP contribution < -0.4 is 56.5 Å². The Morgan fingerprint density at radius 2 is 0.595 bits per heavy atom. The number of aryl methyl sites for hydroxylation is 2. The van der Waals surface area contributed by atoms with E-state index in [0.717, 1.165) is 83.3 Å². The van der Waals surface area contributed by atoms with Gasteiger partial charge in [0.1, 0.15) is 5.75 Å². The van der Waals surface area contributed by atoms with Gasteiger partial charge in [0.2, 0.25) is 0 Å². The normalized spacial score (nSPS) is 10.3. The number of nitrogens with zero attached hydrogens (tertiary/aromatic N) is 4. The van der Waals surface area contributed by atoms with Crippen molar-refractivity contribution in [3.8, 4) is 78.8 Å². The largest absolute Gasteiger partial charge is 1.00 e. The third kappa shape index (κ3) is 15.7. The van der Waals surface area contributed by atoms with Crippen molar-refractivity contribution < 1.29 is 101 Å². The summed E-state index contributed by atoms with van der Waals surface area (Å²) in [6, 6.07) is 91.4. The first-order valence-corrected chi connectivity index (χ1v) is 29.4. The van der Waals surface area contributed by atoms with Crippen LogP contribution in [0.1, 0.15) is 11.1 Å². The molecule has 0 saturated heterocycles. The molecule has 0 bridgehead atoms. The summed E-state index contributed by atoms with van der Waals surface area (Å²) in [7, 11) is 4.61. The van der Waals surface area contributed by atoms with Gasteiger partial charge in [-0.05, 0) is 102 Å². The topological polar surface area (TPSA) is 94.9 Å². The molecule has 6 nitrogen and oxygen atoms in total. The number of aromatic hydroxyl groups is 1. The molecule has 0 aliphatic carbocycles. The van der Waals surface area contributed by atoms with Crippen molar-refractivity contribution in [2.45, 2.75) is 13.8 Å². The minimum absolute atomic E-state index is 0. The molecule has 10 heteroatoms. The molecule has 0 spiro atoms. The molecule has 14 rings (SSSR count). The van der Waals surface area contributed by atoms with Crippen LogP contribution in [0.15, 0.2) is 280 Å². The van der Waals surface area contributed by atoms with Gasteiger partial charge in [-0.1, -0.05) is 230 Å². The van der Waals surface area contributed by atoms with E-state index in [2.05, 4.69) is 177 Å². The van der Waals surface area contributed by atoms with Crippen LogP contribution in [0.3, 0.4) is 0 Å². The predicted molar refractivity (Wildman–Crippen MR) is 334 cm³/mol. The minimum Gasteiger partial charge on any atom is -0.872 e. The molecule has 4 aromatic heterocycles. The molecule has 0 radical (unpaired) electrons. The zero-order chi connectivity index (χ0) is 56.6. The summed E-state index contributed by atoms with van der Waals surface area (Å²) in [5, 5.41) is 29.2. The molecule has 0 aliphatic rings. The third-order valence-electron chi connectivity index (χ3n) is 13.7. The van der Waals surface area contributed by atoms with E-state index in [9.17, 15) is 5.11 Å². The van der Waals surface area contributed by atoms with Crippen LogP contribution in [-0.2, 0) is 39.8 Å². The first kappa shape index (κ1) is 62.8. The molecule has 0 aliphatic heterocycles. The second-order valence-corrected chi connectivity index (χ2v) is 19.3. The maximum Gasteiger partial charge on any atom is 1.00 e. The molecule has 14 aromatic rings. The Morgan fingerprint density at radius 1 is 0.345 bits per heavy atom. The SMILES string of the molecule is Cc1cc(-c2nccc3ccccc23)[c-]c(-c2nccc3ccccc23)c1.Cc1cc(-c2nccc3ccccc23)[c-]c(-c2nccc3ccccc23)c1.Oc1ccc(-c2ccccc2)cc1.[Cl][Pt+].[K+].[O-]c1ccc(-c2ccccc2)cc1.[Pt]. The number of pyridine rings is 4. The van der Waals surface area contributed by atoms with Crippen LogP contribution in [0, 0.1) is 26.0 Å². The molecule has 0 saturated carbocycles. The van der Waals surface area contributed by atoms with Crippen LogP contribution in [0.4, 0.5) is 0 Å². The summed E-state index contributed by atoms with van der Waals surface area (Å²) < 4.78 is 0. The van der Waals surface area contributed by atoms with Crippen molar-refractivity contribution in [1.82, 2.24) is 19.9 Å². The first-order valence-electron chi connectivity index (χ1n) is 26.5. The van der Waals surface area contributed by atoms with Gasteiger partial charge >= 0.3 is 79.6 Å². The Kier molecular flexibility index (Phi) is 23.2. The van der Waals surface area contributed by atoms with Gasteiger partial charge in [0.05, 0.1) is 0 Å². The number of rotatable bonds is 6. The molecular weight excluding hydrogens is 1440 g/mol. The van der Waals surface area contributed by atoms with Crippen LogP contribution in [0.5, 0.6) is 11.5 Å². The average Bonchev–Trinajstić information content (AvgIpc) is 2.53. The van der Waals surface area contributed by atoms with E-state index in [1.807, 2.05) is 134 Å². The van der Waals surface area contributed by atoms with Crippen molar-refractivity contribution in [2.24, 2.45) is 0 Å². The molecular formula is C74H53ClKN4O2Pt2-.